The Labute approximate surface area is 269 Å². The van der Waals surface area contributed by atoms with Crippen molar-refractivity contribution in [1.82, 2.24) is 0 Å². The highest BCUT2D eigenvalue weighted by Gasteiger charge is 2.79. The van der Waals surface area contributed by atoms with Gasteiger partial charge in [0.2, 0.25) is 0 Å². The molecule has 19 atom stereocenters. The number of epoxide rings is 1. The molecule has 0 radical (unpaired) electrons. The van der Waals surface area contributed by atoms with Gasteiger partial charge < -0.3 is 54.7 Å². The van der Waals surface area contributed by atoms with E-state index in [9.17, 15) is 40.5 Å². The molecule has 0 aromatic rings. The Balaban J connectivity index is 1.11. The minimum Gasteiger partial charge on any atom is -0.458 e. The molecule has 12 nitrogen and oxygen atoms in total. The highest BCUT2D eigenvalue weighted by Crippen LogP contribution is 2.73. The number of aliphatic hydroxyl groups is 7. The van der Waals surface area contributed by atoms with E-state index in [1.807, 2.05) is 13.8 Å². The summed E-state index contributed by atoms with van der Waals surface area (Å²) >= 11 is 0. The van der Waals surface area contributed by atoms with Crippen molar-refractivity contribution in [2.75, 3.05) is 6.61 Å². The largest absolute Gasteiger partial charge is 0.458 e. The number of cyclic esters (lactones) is 1. The van der Waals surface area contributed by atoms with E-state index in [2.05, 4.69) is 13.8 Å². The summed E-state index contributed by atoms with van der Waals surface area (Å²) in [5.41, 5.74) is -0.927. The highest BCUT2D eigenvalue weighted by molar-refractivity contribution is 5.89. The second kappa shape index (κ2) is 11.2. The van der Waals surface area contributed by atoms with Gasteiger partial charge in [-0.25, -0.2) is 4.79 Å². The quantitative estimate of drug-likeness (QED) is 0.121. The first-order chi connectivity index (χ1) is 21.6. The molecule has 3 aliphatic heterocycles. The number of ether oxygens (including phenoxy) is 4. The second-order valence-corrected chi connectivity index (χ2v) is 16.2. The van der Waals surface area contributed by atoms with Crippen molar-refractivity contribution in [2.45, 2.75) is 146 Å². The van der Waals surface area contributed by atoms with Gasteiger partial charge in [-0.2, -0.15) is 0 Å². The van der Waals surface area contributed by atoms with E-state index in [1.165, 1.54) is 0 Å². The van der Waals surface area contributed by atoms with Crippen LogP contribution in [-0.2, 0) is 23.7 Å². The molecule has 7 aliphatic rings. The number of carbonyl (C=O) groups excluding carboxylic acids is 1. The summed E-state index contributed by atoms with van der Waals surface area (Å²) in [6, 6.07) is 0. The molecule has 2 saturated heterocycles. The third kappa shape index (κ3) is 4.51. The van der Waals surface area contributed by atoms with Crippen molar-refractivity contribution in [3.8, 4) is 0 Å². The molecule has 7 N–H and O–H groups in total. The molecule has 7 rings (SSSR count). The molecule has 0 aromatic heterocycles. The molecule has 0 spiro atoms. The minimum absolute atomic E-state index is 0.0243. The van der Waals surface area contributed by atoms with Gasteiger partial charge >= 0.3 is 5.97 Å². The number of fused-ring (bicyclic) bond motifs is 8. The van der Waals surface area contributed by atoms with Crippen LogP contribution in [0, 0.1) is 40.4 Å². The molecule has 0 unspecified atom stereocenters. The zero-order valence-electron chi connectivity index (χ0n) is 27.4. The summed E-state index contributed by atoms with van der Waals surface area (Å²) in [5.74, 6) is -0.382. The van der Waals surface area contributed by atoms with Crippen molar-refractivity contribution >= 4 is 5.97 Å². The number of aliphatic hydroxyl groups excluding tert-OH is 6. The molecule has 3 heterocycles. The third-order valence-corrected chi connectivity index (χ3v) is 14.3. The van der Waals surface area contributed by atoms with Gasteiger partial charge in [0.05, 0.1) is 31.0 Å². The zero-order valence-corrected chi connectivity index (χ0v) is 27.4. The lowest BCUT2D eigenvalue weighted by Crippen LogP contribution is -2.71. The predicted molar refractivity (Wildman–Crippen MR) is 160 cm³/mol. The lowest BCUT2D eigenvalue weighted by atomic mass is 9.42. The Morgan fingerprint density at radius 1 is 1.00 bits per heavy atom. The number of hydrogen-bond donors (Lipinski definition) is 7. The van der Waals surface area contributed by atoms with Gasteiger partial charge in [0.15, 0.2) is 6.29 Å². The van der Waals surface area contributed by atoms with E-state index in [0.29, 0.717) is 18.4 Å². The number of rotatable bonds is 5. The van der Waals surface area contributed by atoms with Crippen molar-refractivity contribution in [3.63, 3.8) is 0 Å². The average molecular weight is 653 g/mol. The molecule has 4 saturated carbocycles. The van der Waals surface area contributed by atoms with E-state index in [-0.39, 0.29) is 66.0 Å². The zero-order chi connectivity index (χ0) is 33.2. The summed E-state index contributed by atoms with van der Waals surface area (Å²) in [6.45, 7) is 9.48. The van der Waals surface area contributed by atoms with Gasteiger partial charge in [-0.05, 0) is 68.1 Å². The Morgan fingerprint density at radius 2 is 1.72 bits per heavy atom. The first-order valence-electron chi connectivity index (χ1n) is 17.2. The monoisotopic (exact) mass is 652 g/mol. The molecule has 0 bridgehead atoms. The minimum atomic E-state index is -1.59. The summed E-state index contributed by atoms with van der Waals surface area (Å²) in [4.78, 5) is 12.6. The molecule has 4 aliphatic carbocycles. The van der Waals surface area contributed by atoms with Gasteiger partial charge in [-0.3, -0.25) is 0 Å². The fraction of sp³-hybridized carbons (Fsp3) is 0.912. The predicted octanol–water partition coefficient (Wildman–Crippen LogP) is 0.162. The van der Waals surface area contributed by atoms with Crippen molar-refractivity contribution in [1.29, 1.82) is 0 Å². The van der Waals surface area contributed by atoms with Crippen LogP contribution in [0.2, 0.25) is 0 Å². The van der Waals surface area contributed by atoms with Crippen molar-refractivity contribution < 1.29 is 59.5 Å². The maximum atomic E-state index is 12.6. The van der Waals surface area contributed by atoms with Crippen molar-refractivity contribution in [3.05, 3.63) is 11.1 Å². The number of esters is 1. The van der Waals surface area contributed by atoms with Crippen LogP contribution in [-0.4, -0.2) is 121 Å². The van der Waals surface area contributed by atoms with Crippen molar-refractivity contribution in [2.24, 2.45) is 40.4 Å². The SMILES string of the molecule is CC1=C(C)C(=O)O[C@@H]([C@@H](C)[C@@H]2[C@H](O)C[C@@H]3[C@H]4[C@@H]5O[C@@H]5[C@@]5(O)C[C@@H](O[C@H]6O[C@@H](CO)[C@H](O)[C@@H](O)[C@@H]6O)C[C@@H](O)[C@@]5(C)[C@@H]4CC[C@@]23C)C1. The normalized spacial score (nSPS) is 57.1. The molecule has 46 heavy (non-hydrogen) atoms. The fourth-order valence-corrected chi connectivity index (χ4v) is 11.5. The second-order valence-electron chi connectivity index (χ2n) is 16.2. The average Bonchev–Trinajstić information content (AvgIpc) is 3.76. The molecular weight excluding hydrogens is 600 g/mol. The standard InChI is InChI=1S/C34H52O12/c1-13-8-20(44-30(41)14(13)2)15(3)24-19(36)10-18-23-17(6-7-32(18,24)4)33(5)22(37)9-16(11-34(33,42)29-28(23)46-29)43-31-27(40)26(39)25(38)21(12-35)45-31/h15-29,31,35-40,42H,6-12H2,1-5H3/t15-,16+,17-,18-,19-,20-,21+,22-,23+,24-,25+,26-,27+,28+,29+,31+,32-,33-,34+/m1/s1. The lowest BCUT2D eigenvalue weighted by Gasteiger charge is -2.64. The van der Waals surface area contributed by atoms with E-state index < -0.39 is 72.7 Å². The van der Waals surface area contributed by atoms with E-state index in [1.54, 1.807) is 6.92 Å². The molecule has 6 fully saturated rings. The van der Waals surface area contributed by atoms with E-state index >= 15 is 0 Å². The van der Waals surface area contributed by atoms with Gasteiger partial charge in [0.1, 0.15) is 42.2 Å². The Bertz CT molecular complexity index is 1260. The van der Waals surface area contributed by atoms with Crippen LogP contribution in [0.5, 0.6) is 0 Å². The molecule has 0 aromatic carbocycles. The maximum absolute atomic E-state index is 12.6. The van der Waals surface area contributed by atoms with Gasteiger partial charge in [0, 0.05) is 30.3 Å². The Morgan fingerprint density at radius 3 is 2.39 bits per heavy atom. The van der Waals surface area contributed by atoms with E-state index in [0.717, 1.165) is 18.4 Å². The molecular formula is C34H52O12. The first-order valence-corrected chi connectivity index (χ1v) is 17.2. The molecule has 260 valence electrons. The Hall–Kier alpha value is -1.19. The maximum Gasteiger partial charge on any atom is 0.333 e. The summed E-state index contributed by atoms with van der Waals surface area (Å²) < 4.78 is 23.8. The summed E-state index contributed by atoms with van der Waals surface area (Å²) in [6.07, 6.45) is -7.55. The van der Waals surface area contributed by atoms with E-state index in [4.69, 9.17) is 18.9 Å². The topological polar surface area (TPSA) is 199 Å². The number of carbonyl (C=O) groups is 1. The summed E-state index contributed by atoms with van der Waals surface area (Å²) in [7, 11) is 0. The highest BCUT2D eigenvalue weighted by atomic mass is 16.7. The smallest absolute Gasteiger partial charge is 0.333 e. The van der Waals surface area contributed by atoms with Crippen LogP contribution < -0.4 is 0 Å². The van der Waals surface area contributed by atoms with Crippen LogP contribution in [0.25, 0.3) is 0 Å². The molecule has 12 heteroatoms. The van der Waals surface area contributed by atoms with Crippen LogP contribution in [0.4, 0.5) is 0 Å². The number of hydrogen-bond acceptors (Lipinski definition) is 12. The van der Waals surface area contributed by atoms with Crippen LogP contribution in [0.15, 0.2) is 11.1 Å². The van der Waals surface area contributed by atoms with Crippen LogP contribution >= 0.6 is 0 Å². The van der Waals surface area contributed by atoms with Crippen LogP contribution in [0.3, 0.4) is 0 Å². The first kappa shape index (κ1) is 33.3. The Kier molecular flexibility index (Phi) is 8.08. The fourth-order valence-electron chi connectivity index (χ4n) is 11.5. The third-order valence-electron chi connectivity index (χ3n) is 14.3. The summed E-state index contributed by atoms with van der Waals surface area (Å²) in [5, 5.41) is 76.5. The van der Waals surface area contributed by atoms with Gasteiger partial charge in [0.25, 0.3) is 0 Å². The lowest BCUT2D eigenvalue weighted by molar-refractivity contribution is -0.329. The van der Waals surface area contributed by atoms with Crippen LogP contribution in [0.1, 0.15) is 73.1 Å². The molecule has 0 amide bonds. The van der Waals surface area contributed by atoms with Gasteiger partial charge in [-0.15, -0.1) is 0 Å². The van der Waals surface area contributed by atoms with Gasteiger partial charge in [-0.1, -0.05) is 26.3 Å².